The number of rotatable bonds is 4. The number of hydrogen-bond acceptors (Lipinski definition) is 1. The minimum absolute atomic E-state index is 0.0266. The summed E-state index contributed by atoms with van der Waals surface area (Å²) in [4.78, 5) is 0. The molecule has 2 rings (SSSR count). The molecule has 0 radical (unpaired) electrons. The van der Waals surface area contributed by atoms with Crippen molar-refractivity contribution in [3.8, 4) is 5.75 Å². The Morgan fingerprint density at radius 3 is 2.38 bits per heavy atom. The van der Waals surface area contributed by atoms with Crippen LogP contribution in [0, 0.1) is 5.82 Å². The summed E-state index contributed by atoms with van der Waals surface area (Å²) in [6.45, 7) is -0.152. The van der Waals surface area contributed by atoms with Crippen LogP contribution in [0.25, 0.3) is 0 Å². The van der Waals surface area contributed by atoms with Crippen LogP contribution in [0.15, 0.2) is 42.5 Å². The number of alkyl halides is 4. The number of halogens is 5. The Balaban J connectivity index is 2.10. The zero-order chi connectivity index (χ0) is 15.5. The highest BCUT2D eigenvalue weighted by atomic mass is 35.5. The first-order valence-corrected chi connectivity index (χ1v) is 6.57. The lowest BCUT2D eigenvalue weighted by Gasteiger charge is -2.11. The van der Waals surface area contributed by atoms with E-state index in [-0.39, 0.29) is 18.2 Å². The van der Waals surface area contributed by atoms with Gasteiger partial charge in [-0.1, -0.05) is 18.2 Å². The van der Waals surface area contributed by atoms with E-state index in [1.807, 2.05) is 0 Å². The standard InChI is InChI=1S/C15H11ClF4O/c16-8-10-4-5-14(13(17)7-10)21-9-11-2-1-3-12(6-11)15(18,19)20/h1-7H,8-9H2. The van der Waals surface area contributed by atoms with Crippen molar-refractivity contribution in [2.24, 2.45) is 0 Å². The van der Waals surface area contributed by atoms with Crippen LogP contribution >= 0.6 is 11.6 Å². The van der Waals surface area contributed by atoms with E-state index in [2.05, 4.69) is 0 Å². The first kappa shape index (κ1) is 15.6. The Hall–Kier alpha value is -1.75. The molecule has 0 heterocycles. The van der Waals surface area contributed by atoms with E-state index in [9.17, 15) is 17.6 Å². The van der Waals surface area contributed by atoms with Crippen LogP contribution in [0.3, 0.4) is 0 Å². The van der Waals surface area contributed by atoms with Gasteiger partial charge in [-0.2, -0.15) is 13.2 Å². The van der Waals surface area contributed by atoms with Crippen molar-refractivity contribution >= 4 is 11.6 Å². The van der Waals surface area contributed by atoms with E-state index in [1.54, 1.807) is 6.07 Å². The minimum Gasteiger partial charge on any atom is -0.486 e. The fourth-order valence-electron chi connectivity index (χ4n) is 1.74. The van der Waals surface area contributed by atoms with Crippen molar-refractivity contribution in [3.63, 3.8) is 0 Å². The highest BCUT2D eigenvalue weighted by molar-refractivity contribution is 6.17. The summed E-state index contributed by atoms with van der Waals surface area (Å²) < 4.78 is 56.5. The molecule has 112 valence electrons. The third-order valence-corrected chi connectivity index (χ3v) is 3.11. The Morgan fingerprint density at radius 2 is 1.76 bits per heavy atom. The van der Waals surface area contributed by atoms with Gasteiger partial charge in [0.25, 0.3) is 0 Å². The molecule has 0 atom stereocenters. The first-order valence-electron chi connectivity index (χ1n) is 6.03. The quantitative estimate of drug-likeness (QED) is 0.558. The molecule has 2 aromatic rings. The van der Waals surface area contributed by atoms with Gasteiger partial charge >= 0.3 is 6.18 Å². The van der Waals surface area contributed by atoms with E-state index in [1.165, 1.54) is 24.3 Å². The highest BCUT2D eigenvalue weighted by Gasteiger charge is 2.30. The minimum atomic E-state index is -4.41. The Kier molecular flexibility index (Phi) is 4.73. The molecule has 0 aliphatic rings. The van der Waals surface area contributed by atoms with Crippen LogP contribution in [0.4, 0.5) is 17.6 Å². The van der Waals surface area contributed by atoms with E-state index in [0.29, 0.717) is 11.1 Å². The maximum Gasteiger partial charge on any atom is 0.416 e. The van der Waals surface area contributed by atoms with Crippen LogP contribution in [-0.2, 0) is 18.7 Å². The Labute approximate surface area is 124 Å². The number of benzene rings is 2. The molecule has 1 nitrogen and oxygen atoms in total. The molecule has 0 spiro atoms. The Morgan fingerprint density at radius 1 is 1.00 bits per heavy atom. The summed E-state index contributed by atoms with van der Waals surface area (Å²) >= 11 is 5.57. The van der Waals surface area contributed by atoms with Crippen molar-refractivity contribution in [2.45, 2.75) is 18.7 Å². The summed E-state index contributed by atoms with van der Waals surface area (Å²) in [5.41, 5.74) is 0.146. The van der Waals surface area contributed by atoms with Gasteiger partial charge in [-0.15, -0.1) is 11.6 Å². The van der Waals surface area contributed by atoms with Gasteiger partial charge in [0.15, 0.2) is 11.6 Å². The van der Waals surface area contributed by atoms with Gasteiger partial charge < -0.3 is 4.74 Å². The van der Waals surface area contributed by atoms with Gasteiger partial charge in [-0.05, 0) is 35.4 Å². The number of hydrogen-bond donors (Lipinski definition) is 0. The van der Waals surface area contributed by atoms with Crippen molar-refractivity contribution in [1.82, 2.24) is 0 Å². The van der Waals surface area contributed by atoms with Crippen molar-refractivity contribution < 1.29 is 22.3 Å². The highest BCUT2D eigenvalue weighted by Crippen LogP contribution is 2.30. The second-order valence-electron chi connectivity index (χ2n) is 4.39. The molecule has 0 unspecified atom stereocenters. The molecule has 0 bridgehead atoms. The van der Waals surface area contributed by atoms with Crippen LogP contribution in [0.5, 0.6) is 5.75 Å². The molecule has 0 amide bonds. The molecular weight excluding hydrogens is 308 g/mol. The summed E-state index contributed by atoms with van der Waals surface area (Å²) in [7, 11) is 0. The molecule has 0 saturated carbocycles. The van der Waals surface area contributed by atoms with Crippen LogP contribution < -0.4 is 4.74 Å². The van der Waals surface area contributed by atoms with Gasteiger partial charge in [0, 0.05) is 5.88 Å². The lowest BCUT2D eigenvalue weighted by molar-refractivity contribution is -0.137. The summed E-state index contributed by atoms with van der Waals surface area (Å²) in [6, 6.07) is 8.95. The third kappa shape index (κ3) is 4.11. The first-order chi connectivity index (χ1) is 9.90. The average molecular weight is 319 g/mol. The second kappa shape index (κ2) is 6.35. The van der Waals surface area contributed by atoms with Gasteiger partial charge in [-0.25, -0.2) is 4.39 Å². The van der Waals surface area contributed by atoms with Crippen molar-refractivity contribution in [3.05, 3.63) is 65.0 Å². The van der Waals surface area contributed by atoms with Gasteiger partial charge in [0.05, 0.1) is 5.56 Å². The van der Waals surface area contributed by atoms with E-state index < -0.39 is 17.6 Å². The predicted molar refractivity (Wildman–Crippen MR) is 71.7 cm³/mol. The second-order valence-corrected chi connectivity index (χ2v) is 4.65. The molecular formula is C15H11ClF4O. The SMILES string of the molecule is Fc1cc(CCl)ccc1OCc1cccc(C(F)(F)F)c1. The monoisotopic (exact) mass is 318 g/mol. The molecule has 0 saturated heterocycles. The van der Waals surface area contributed by atoms with Gasteiger partial charge in [0.1, 0.15) is 6.61 Å². The maximum absolute atomic E-state index is 13.6. The molecule has 21 heavy (non-hydrogen) atoms. The van der Waals surface area contributed by atoms with Crippen LogP contribution in [-0.4, -0.2) is 0 Å². The fourth-order valence-corrected chi connectivity index (χ4v) is 1.91. The van der Waals surface area contributed by atoms with Gasteiger partial charge in [0.2, 0.25) is 0 Å². The molecule has 2 aromatic carbocycles. The van der Waals surface area contributed by atoms with Crippen LogP contribution in [0.1, 0.15) is 16.7 Å². The van der Waals surface area contributed by atoms with Crippen molar-refractivity contribution in [2.75, 3.05) is 0 Å². The Bertz CT molecular complexity index is 625. The van der Waals surface area contributed by atoms with E-state index in [0.717, 1.165) is 12.1 Å². The third-order valence-electron chi connectivity index (χ3n) is 2.80. The predicted octanol–water partition coefficient (Wildman–Crippen LogP) is 5.16. The summed E-state index contributed by atoms with van der Waals surface area (Å²) in [5, 5.41) is 0. The van der Waals surface area contributed by atoms with Crippen LogP contribution in [0.2, 0.25) is 0 Å². The molecule has 0 N–H and O–H groups in total. The number of ether oxygens (including phenoxy) is 1. The normalized spacial score (nSPS) is 11.5. The fraction of sp³-hybridized carbons (Fsp3) is 0.200. The molecule has 0 aromatic heterocycles. The molecule has 0 aliphatic heterocycles. The largest absolute Gasteiger partial charge is 0.486 e. The maximum atomic E-state index is 13.6. The molecule has 0 fully saturated rings. The molecule has 6 heteroatoms. The van der Waals surface area contributed by atoms with Crippen molar-refractivity contribution in [1.29, 1.82) is 0 Å². The lowest BCUT2D eigenvalue weighted by Crippen LogP contribution is -2.06. The molecule has 0 aliphatic carbocycles. The smallest absolute Gasteiger partial charge is 0.416 e. The summed E-state index contributed by atoms with van der Waals surface area (Å²) in [5.74, 6) is -0.452. The zero-order valence-corrected chi connectivity index (χ0v) is 11.5. The summed E-state index contributed by atoms with van der Waals surface area (Å²) in [6.07, 6.45) is -4.41. The lowest BCUT2D eigenvalue weighted by atomic mass is 10.1. The average Bonchev–Trinajstić information content (AvgIpc) is 2.45. The van der Waals surface area contributed by atoms with E-state index in [4.69, 9.17) is 16.3 Å². The topological polar surface area (TPSA) is 9.23 Å². The zero-order valence-electron chi connectivity index (χ0n) is 10.8. The van der Waals surface area contributed by atoms with E-state index >= 15 is 0 Å². The van der Waals surface area contributed by atoms with Gasteiger partial charge in [-0.3, -0.25) is 0 Å².